The Hall–Kier alpha value is -4.96. The number of rotatable bonds is 7. The molecule has 0 aliphatic carbocycles. The van der Waals surface area contributed by atoms with Crippen LogP contribution in [0.25, 0.3) is 5.00 Å². The number of benzene rings is 2. The summed E-state index contributed by atoms with van der Waals surface area (Å²) in [5, 5.41) is 17.0. The van der Waals surface area contributed by atoms with Crippen LogP contribution in [0, 0.1) is 26.7 Å². The predicted octanol–water partition coefficient (Wildman–Crippen LogP) is 5.27. The zero-order valence-corrected chi connectivity index (χ0v) is 36.1. The van der Waals surface area contributed by atoms with Crippen molar-refractivity contribution in [3.05, 3.63) is 91.8 Å². The number of piperidine rings is 2. The second-order valence-corrected chi connectivity index (χ2v) is 18.8. The highest BCUT2D eigenvalue weighted by Gasteiger charge is 2.45. The van der Waals surface area contributed by atoms with Crippen LogP contribution in [0.15, 0.2) is 42.5 Å². The third-order valence-electron chi connectivity index (χ3n) is 13.2. The summed E-state index contributed by atoms with van der Waals surface area (Å²) in [5.41, 5.74) is 4.92. The SMILES string of the molecule is Cc1sc2c(c1C)[C@H](c1ccc(Cl)cc1)NC(CC(=O)N1CCC(CN3CC(C)N(c4ccc5c(c4)C(=O)N(C4CCC(=O)NC4=O)C5=O)C(C)C3)CC1)c1nnc(C)n1-2. The van der Waals surface area contributed by atoms with Crippen molar-refractivity contribution >= 4 is 58.2 Å². The molecule has 5 amide bonds. The fourth-order valence-electron chi connectivity index (χ4n) is 10.2. The molecule has 5 aliphatic rings. The van der Waals surface area contributed by atoms with Gasteiger partial charge in [0.2, 0.25) is 17.7 Å². The van der Waals surface area contributed by atoms with E-state index in [1.54, 1.807) is 23.5 Å². The van der Waals surface area contributed by atoms with Gasteiger partial charge in [0.05, 0.1) is 23.2 Å². The lowest BCUT2D eigenvalue weighted by atomic mass is 9.94. The zero-order chi connectivity index (χ0) is 42.1. The number of halogens is 1. The van der Waals surface area contributed by atoms with Crippen LogP contribution in [-0.4, -0.2) is 110 Å². The number of aryl methyl sites for hydroxylation is 2. The van der Waals surface area contributed by atoms with E-state index in [1.807, 2.05) is 30.0 Å². The Labute approximate surface area is 358 Å². The minimum atomic E-state index is -0.992. The van der Waals surface area contributed by atoms with Crippen molar-refractivity contribution in [1.29, 1.82) is 0 Å². The maximum absolute atomic E-state index is 14.1. The van der Waals surface area contributed by atoms with E-state index in [-0.39, 0.29) is 54.9 Å². The van der Waals surface area contributed by atoms with E-state index in [0.717, 1.165) is 65.3 Å². The molecule has 9 rings (SSSR count). The third-order valence-corrected chi connectivity index (χ3v) is 14.7. The van der Waals surface area contributed by atoms with Gasteiger partial charge in [-0.1, -0.05) is 23.7 Å². The molecular formula is C44H50ClN9O5S. The minimum absolute atomic E-state index is 0.0820. The second-order valence-electron chi connectivity index (χ2n) is 17.2. The number of hydrogen-bond acceptors (Lipinski definition) is 11. The molecule has 2 N–H and O–H groups in total. The Morgan fingerprint density at radius 1 is 0.900 bits per heavy atom. The molecule has 60 heavy (non-hydrogen) atoms. The summed E-state index contributed by atoms with van der Waals surface area (Å²) in [6, 6.07) is 12.1. The smallest absolute Gasteiger partial charge is 0.262 e. The summed E-state index contributed by atoms with van der Waals surface area (Å²) in [5.74, 6) is 0.112. The van der Waals surface area contributed by atoms with Crippen LogP contribution < -0.4 is 15.5 Å². The lowest BCUT2D eigenvalue weighted by Crippen LogP contribution is -2.58. The summed E-state index contributed by atoms with van der Waals surface area (Å²) < 4.78 is 2.14. The molecule has 14 nitrogen and oxygen atoms in total. The molecule has 2 aromatic carbocycles. The van der Waals surface area contributed by atoms with Crippen LogP contribution in [0.4, 0.5) is 5.69 Å². The molecule has 5 aliphatic heterocycles. The van der Waals surface area contributed by atoms with Gasteiger partial charge in [-0.2, -0.15) is 0 Å². The first-order valence-corrected chi connectivity index (χ1v) is 22.1. The molecule has 7 heterocycles. The Morgan fingerprint density at radius 2 is 1.60 bits per heavy atom. The zero-order valence-electron chi connectivity index (χ0n) is 34.5. The highest BCUT2D eigenvalue weighted by Crippen LogP contribution is 2.43. The van der Waals surface area contributed by atoms with Crippen molar-refractivity contribution in [2.24, 2.45) is 5.92 Å². The molecule has 0 bridgehead atoms. The minimum Gasteiger partial charge on any atom is -0.364 e. The summed E-state index contributed by atoms with van der Waals surface area (Å²) >= 11 is 8.04. The number of fused-ring (bicyclic) bond motifs is 4. The van der Waals surface area contributed by atoms with Crippen LogP contribution in [0.5, 0.6) is 0 Å². The van der Waals surface area contributed by atoms with Gasteiger partial charge in [-0.05, 0) is 101 Å². The average molecular weight is 852 g/mol. The number of hydrogen-bond donors (Lipinski definition) is 2. The van der Waals surface area contributed by atoms with E-state index in [0.29, 0.717) is 29.6 Å². The van der Waals surface area contributed by atoms with Crippen molar-refractivity contribution in [2.45, 2.75) is 96.9 Å². The van der Waals surface area contributed by atoms with E-state index in [1.165, 1.54) is 16.0 Å². The van der Waals surface area contributed by atoms with Gasteiger partial charge < -0.3 is 9.80 Å². The topological polar surface area (TPSA) is 153 Å². The lowest BCUT2D eigenvalue weighted by Gasteiger charge is -2.47. The fraction of sp³-hybridized carbons (Fsp3) is 0.477. The van der Waals surface area contributed by atoms with Crippen molar-refractivity contribution in [2.75, 3.05) is 37.6 Å². The standard InChI is InChI=1S/C44H50ClN9O5S/c1-23-20-50(21-24(2)52(23)31-10-11-32-33(18-31)43(59)54(42(32)58)35-12-13-36(55)47-41(35)57)22-28-14-16-51(17-15-28)37(56)19-34-40-49-48-27(5)53(40)44-38(25(3)26(4)60-44)39(46-34)29-6-8-30(45)9-7-29/h6-11,18,23-24,28,34-35,39,46H,12-17,19-22H2,1-5H3,(H,47,55,57)/t23?,24?,34?,35?,39-/m0/s1. The summed E-state index contributed by atoms with van der Waals surface area (Å²) in [6.07, 6.45) is 2.33. The number of thiophene rings is 1. The van der Waals surface area contributed by atoms with E-state index in [9.17, 15) is 24.0 Å². The molecule has 0 saturated carbocycles. The van der Waals surface area contributed by atoms with Crippen LogP contribution in [0.2, 0.25) is 5.02 Å². The quantitative estimate of drug-likeness (QED) is 0.235. The number of piperazine rings is 1. The number of imide groups is 2. The molecular weight excluding hydrogens is 802 g/mol. The first kappa shape index (κ1) is 40.4. The summed E-state index contributed by atoms with van der Waals surface area (Å²) in [7, 11) is 0. The number of carbonyl (C=O) groups excluding carboxylic acids is 5. The van der Waals surface area contributed by atoms with Gasteiger partial charge in [-0.3, -0.25) is 49.0 Å². The van der Waals surface area contributed by atoms with E-state index in [4.69, 9.17) is 11.6 Å². The third kappa shape index (κ3) is 7.12. The van der Waals surface area contributed by atoms with E-state index in [2.05, 4.69) is 75.0 Å². The Balaban J connectivity index is 0.826. The molecule has 0 radical (unpaired) electrons. The molecule has 4 unspecified atom stereocenters. The normalized spacial score (nSPS) is 25.0. The van der Waals surface area contributed by atoms with Gasteiger partial charge in [-0.25, -0.2) is 0 Å². The molecule has 3 fully saturated rings. The molecule has 5 atom stereocenters. The second kappa shape index (κ2) is 15.8. The Kier molecular flexibility index (Phi) is 10.7. The van der Waals surface area contributed by atoms with Gasteiger partial charge in [0.15, 0.2) is 5.82 Å². The summed E-state index contributed by atoms with van der Waals surface area (Å²) in [4.78, 5) is 74.3. The fourth-order valence-corrected chi connectivity index (χ4v) is 11.5. The Bertz CT molecular complexity index is 2390. The van der Waals surface area contributed by atoms with Gasteiger partial charge in [0, 0.05) is 78.8 Å². The van der Waals surface area contributed by atoms with Crippen molar-refractivity contribution in [3.8, 4) is 5.00 Å². The number of nitrogens with zero attached hydrogens (tertiary/aromatic N) is 7. The maximum atomic E-state index is 14.1. The predicted molar refractivity (Wildman–Crippen MR) is 227 cm³/mol. The first-order chi connectivity index (χ1) is 28.8. The Morgan fingerprint density at radius 3 is 2.30 bits per heavy atom. The van der Waals surface area contributed by atoms with E-state index >= 15 is 0 Å². The number of carbonyl (C=O) groups is 5. The highest BCUT2D eigenvalue weighted by atomic mass is 35.5. The number of likely N-dealkylation sites (tertiary alicyclic amines) is 1. The number of aromatic nitrogens is 3. The number of amides is 5. The molecule has 314 valence electrons. The number of anilines is 1. The first-order valence-electron chi connectivity index (χ1n) is 20.9. The summed E-state index contributed by atoms with van der Waals surface area (Å²) in [6.45, 7) is 14.7. The van der Waals surface area contributed by atoms with Crippen LogP contribution >= 0.6 is 22.9 Å². The lowest BCUT2D eigenvalue weighted by molar-refractivity contribution is -0.136. The van der Waals surface area contributed by atoms with Gasteiger partial charge in [0.25, 0.3) is 11.8 Å². The van der Waals surface area contributed by atoms with Crippen LogP contribution in [-0.2, 0) is 14.4 Å². The largest absolute Gasteiger partial charge is 0.364 e. The molecule has 4 aromatic rings. The van der Waals surface area contributed by atoms with Gasteiger partial charge in [-0.15, -0.1) is 21.5 Å². The van der Waals surface area contributed by atoms with Gasteiger partial charge in [0.1, 0.15) is 16.9 Å². The molecule has 16 heteroatoms. The molecule has 2 aromatic heterocycles. The van der Waals surface area contributed by atoms with Crippen LogP contribution in [0.1, 0.15) is 112 Å². The highest BCUT2D eigenvalue weighted by molar-refractivity contribution is 7.14. The van der Waals surface area contributed by atoms with Crippen molar-refractivity contribution < 1.29 is 24.0 Å². The average Bonchev–Trinajstić information content (AvgIpc) is 3.79. The maximum Gasteiger partial charge on any atom is 0.262 e. The monoisotopic (exact) mass is 851 g/mol. The molecule has 0 spiro atoms. The van der Waals surface area contributed by atoms with Crippen molar-refractivity contribution in [1.82, 2.24) is 40.1 Å². The molecule has 3 saturated heterocycles. The van der Waals surface area contributed by atoms with Gasteiger partial charge >= 0.3 is 0 Å². The van der Waals surface area contributed by atoms with Crippen LogP contribution in [0.3, 0.4) is 0 Å². The van der Waals surface area contributed by atoms with E-state index < -0.39 is 29.7 Å². The number of nitrogens with one attached hydrogen (secondary N) is 2. The van der Waals surface area contributed by atoms with Crippen molar-refractivity contribution in [3.63, 3.8) is 0 Å².